The number of hydrogen-bond donors (Lipinski definition) is 0. The zero-order valence-electron chi connectivity index (χ0n) is 16.6. The van der Waals surface area contributed by atoms with E-state index in [0.717, 1.165) is 34.1 Å². The summed E-state index contributed by atoms with van der Waals surface area (Å²) in [5, 5.41) is 1.54. The van der Waals surface area contributed by atoms with Gasteiger partial charge in [0.15, 0.2) is 0 Å². The Balaban J connectivity index is 1.36. The lowest BCUT2D eigenvalue weighted by Gasteiger charge is -2.49. The van der Waals surface area contributed by atoms with Gasteiger partial charge in [0.2, 0.25) is 0 Å². The number of rotatable bonds is 5. The normalized spacial score (nSPS) is 44.1. The predicted molar refractivity (Wildman–Crippen MR) is 110 cm³/mol. The molecule has 4 fully saturated rings. The van der Waals surface area contributed by atoms with Crippen LogP contribution in [0.25, 0.3) is 0 Å². The van der Waals surface area contributed by atoms with Crippen molar-refractivity contribution in [2.24, 2.45) is 11.8 Å². The van der Waals surface area contributed by atoms with E-state index in [1.165, 1.54) is 25.7 Å². The van der Waals surface area contributed by atoms with Crippen LogP contribution in [0.2, 0.25) is 22.3 Å². The Bertz CT molecular complexity index is 372. The van der Waals surface area contributed by atoms with Crippen LogP contribution in [0.1, 0.15) is 104 Å². The summed E-state index contributed by atoms with van der Waals surface area (Å²) in [6.45, 7) is 5.24. The summed E-state index contributed by atoms with van der Waals surface area (Å²) in [4.78, 5) is 0. The second-order valence-electron chi connectivity index (χ2n) is 11.1. The standard InChI is InChI=1S/C22H40B2/c1-17(15-21-11-3-7-19(23-21)8-4-12-21)18(2)16-22-13-5-9-20(24-22)10-6-14-22/h17-20,23-24H,3-16H2,1-2H3. The van der Waals surface area contributed by atoms with Crippen LogP contribution >= 0.6 is 0 Å². The van der Waals surface area contributed by atoms with Crippen molar-refractivity contribution in [2.75, 3.05) is 0 Å². The molecule has 24 heavy (non-hydrogen) atoms. The maximum Gasteiger partial charge on any atom is 0.131 e. The van der Waals surface area contributed by atoms with Gasteiger partial charge in [-0.05, 0) is 11.8 Å². The van der Waals surface area contributed by atoms with E-state index >= 15 is 0 Å². The van der Waals surface area contributed by atoms with Crippen LogP contribution < -0.4 is 0 Å². The van der Waals surface area contributed by atoms with E-state index in [-0.39, 0.29) is 0 Å². The van der Waals surface area contributed by atoms with Crippen LogP contribution in [0.5, 0.6) is 0 Å². The van der Waals surface area contributed by atoms with Crippen molar-refractivity contribution in [3.05, 3.63) is 0 Å². The van der Waals surface area contributed by atoms with Gasteiger partial charge in [-0.1, -0.05) is 126 Å². The molecule has 4 bridgehead atoms. The maximum atomic E-state index is 2.62. The molecule has 0 aromatic heterocycles. The fraction of sp³-hybridized carbons (Fsp3) is 1.00. The smallest absolute Gasteiger partial charge is 0.0651 e. The molecule has 0 aromatic carbocycles. The summed E-state index contributed by atoms with van der Waals surface area (Å²) in [6.07, 6.45) is 21.7. The molecule has 0 aliphatic carbocycles. The van der Waals surface area contributed by atoms with Crippen LogP contribution in [0.4, 0.5) is 0 Å². The maximum absolute atomic E-state index is 2.62. The molecule has 4 saturated heterocycles. The molecule has 2 heteroatoms. The van der Waals surface area contributed by atoms with Crippen LogP contribution in [-0.4, -0.2) is 14.6 Å². The molecule has 0 N–H and O–H groups in total. The number of hydrogen-bond acceptors (Lipinski definition) is 0. The van der Waals surface area contributed by atoms with E-state index in [4.69, 9.17) is 0 Å². The summed E-state index contributed by atoms with van der Waals surface area (Å²) in [7, 11) is 3.19. The largest absolute Gasteiger partial charge is 0.131 e. The van der Waals surface area contributed by atoms with Gasteiger partial charge in [-0.2, -0.15) is 0 Å². The van der Waals surface area contributed by atoms with Crippen molar-refractivity contribution in [2.45, 2.75) is 126 Å². The zero-order valence-corrected chi connectivity index (χ0v) is 16.6. The zero-order chi connectivity index (χ0) is 16.6. The number of fused-ring (bicyclic) bond motifs is 4. The minimum Gasteiger partial charge on any atom is -0.0651 e. The predicted octanol–water partition coefficient (Wildman–Crippen LogP) is 6.54. The first-order chi connectivity index (χ1) is 11.6. The fourth-order valence-electron chi connectivity index (χ4n) is 7.99. The molecule has 0 amide bonds. The summed E-state index contributed by atoms with van der Waals surface area (Å²) < 4.78 is 0. The lowest BCUT2D eigenvalue weighted by Crippen LogP contribution is -2.37. The Kier molecular flexibility index (Phi) is 5.14. The van der Waals surface area contributed by atoms with Gasteiger partial charge in [0, 0.05) is 0 Å². The van der Waals surface area contributed by atoms with Crippen LogP contribution in [0.3, 0.4) is 0 Å². The van der Waals surface area contributed by atoms with Gasteiger partial charge in [-0.25, -0.2) is 0 Å². The van der Waals surface area contributed by atoms with Gasteiger partial charge in [0.1, 0.15) is 14.6 Å². The van der Waals surface area contributed by atoms with Gasteiger partial charge >= 0.3 is 0 Å². The van der Waals surface area contributed by atoms with Crippen LogP contribution in [-0.2, 0) is 0 Å². The first-order valence-electron chi connectivity index (χ1n) is 11.6. The molecule has 0 radical (unpaired) electrons. The molecule has 2 unspecified atom stereocenters. The Morgan fingerprint density at radius 3 is 1.33 bits per heavy atom. The summed E-state index contributed by atoms with van der Waals surface area (Å²) in [5.74, 6) is 4.12. The van der Waals surface area contributed by atoms with Gasteiger partial charge in [0.25, 0.3) is 0 Å². The first-order valence-corrected chi connectivity index (χ1v) is 11.6. The Morgan fingerprint density at radius 1 is 0.667 bits per heavy atom. The quantitative estimate of drug-likeness (QED) is 0.503. The molecule has 4 aliphatic heterocycles. The third kappa shape index (κ3) is 3.64. The van der Waals surface area contributed by atoms with Gasteiger partial charge in [-0.15, -0.1) is 0 Å². The highest BCUT2D eigenvalue weighted by Gasteiger charge is 2.44. The lowest BCUT2D eigenvalue weighted by atomic mass is 9.33. The molecule has 4 rings (SSSR count). The molecule has 0 spiro atoms. The van der Waals surface area contributed by atoms with Crippen molar-refractivity contribution < 1.29 is 0 Å². The lowest BCUT2D eigenvalue weighted by molar-refractivity contribution is 0.213. The van der Waals surface area contributed by atoms with Crippen molar-refractivity contribution in [3.8, 4) is 0 Å². The van der Waals surface area contributed by atoms with E-state index in [0.29, 0.717) is 0 Å². The first kappa shape index (κ1) is 17.5. The highest BCUT2D eigenvalue weighted by atomic mass is 14.4. The van der Waals surface area contributed by atoms with Crippen LogP contribution in [0.15, 0.2) is 0 Å². The molecule has 0 saturated carbocycles. The third-order valence-corrected chi connectivity index (χ3v) is 9.20. The van der Waals surface area contributed by atoms with E-state index in [1.807, 2.05) is 0 Å². The minimum absolute atomic E-state index is 0.772. The molecule has 0 aromatic rings. The monoisotopic (exact) mass is 326 g/mol. The van der Waals surface area contributed by atoms with E-state index in [1.54, 1.807) is 78.8 Å². The molecular weight excluding hydrogens is 286 g/mol. The van der Waals surface area contributed by atoms with Crippen LogP contribution in [0, 0.1) is 11.8 Å². The topological polar surface area (TPSA) is 0 Å². The van der Waals surface area contributed by atoms with E-state index < -0.39 is 0 Å². The third-order valence-electron chi connectivity index (χ3n) is 9.20. The van der Waals surface area contributed by atoms with Gasteiger partial charge < -0.3 is 0 Å². The minimum atomic E-state index is 0.772. The van der Waals surface area contributed by atoms with Gasteiger partial charge in [0.05, 0.1) is 0 Å². The Hall–Kier alpha value is 0.130. The van der Waals surface area contributed by atoms with Gasteiger partial charge in [-0.3, -0.25) is 0 Å². The van der Waals surface area contributed by atoms with E-state index in [9.17, 15) is 0 Å². The molecule has 134 valence electrons. The average molecular weight is 326 g/mol. The van der Waals surface area contributed by atoms with E-state index in [2.05, 4.69) is 13.8 Å². The molecule has 4 aliphatic rings. The Labute approximate surface area is 152 Å². The highest BCUT2D eigenvalue weighted by molar-refractivity contribution is 6.43. The molecular formula is C22H40B2. The summed E-state index contributed by atoms with van der Waals surface area (Å²) >= 11 is 0. The summed E-state index contributed by atoms with van der Waals surface area (Å²) in [5.41, 5.74) is 0. The highest BCUT2D eigenvalue weighted by Crippen LogP contribution is 2.58. The Morgan fingerprint density at radius 2 is 1.00 bits per heavy atom. The van der Waals surface area contributed by atoms with Crippen molar-refractivity contribution in [3.63, 3.8) is 0 Å². The molecule has 2 atom stereocenters. The summed E-state index contributed by atoms with van der Waals surface area (Å²) in [6, 6.07) is 0. The van der Waals surface area contributed by atoms with Crippen molar-refractivity contribution >= 4 is 14.6 Å². The average Bonchev–Trinajstić information content (AvgIpc) is 2.54. The SMILES string of the molecule is CC(CC12BC(CCC1)CCC2)C(C)CC12BC(CCC1)CCC2. The molecule has 0 nitrogen and oxygen atoms in total. The molecule has 4 heterocycles. The second-order valence-corrected chi connectivity index (χ2v) is 11.1. The van der Waals surface area contributed by atoms with Crippen molar-refractivity contribution in [1.82, 2.24) is 0 Å². The fourth-order valence-corrected chi connectivity index (χ4v) is 7.99. The second kappa shape index (κ2) is 7.03. The van der Waals surface area contributed by atoms with Crippen molar-refractivity contribution in [1.29, 1.82) is 0 Å².